The Morgan fingerprint density at radius 3 is 2.80 bits per heavy atom. The lowest BCUT2D eigenvalue weighted by Gasteiger charge is -2.36. The SMILES string of the molecule is CN(C)C1(CNc2nc3ccc(F)cc3s2)CCCC1. The molecule has 1 fully saturated rings. The van der Waals surface area contributed by atoms with Crippen molar-refractivity contribution in [2.24, 2.45) is 0 Å². The number of hydrogen-bond acceptors (Lipinski definition) is 4. The Morgan fingerprint density at radius 2 is 2.10 bits per heavy atom. The lowest BCUT2D eigenvalue weighted by atomic mass is 9.96. The number of fused-ring (bicyclic) bond motifs is 1. The summed E-state index contributed by atoms with van der Waals surface area (Å²) >= 11 is 1.52. The molecule has 1 aromatic heterocycles. The van der Waals surface area contributed by atoms with E-state index in [2.05, 4.69) is 29.3 Å². The fraction of sp³-hybridized carbons (Fsp3) is 0.533. The van der Waals surface area contributed by atoms with Gasteiger partial charge in [-0.3, -0.25) is 0 Å². The molecule has 0 unspecified atom stereocenters. The second-order valence-electron chi connectivity index (χ2n) is 5.81. The number of nitrogens with zero attached hydrogens (tertiary/aromatic N) is 2. The minimum atomic E-state index is -0.201. The Kier molecular flexibility index (Phi) is 3.65. The highest BCUT2D eigenvalue weighted by Crippen LogP contribution is 2.35. The summed E-state index contributed by atoms with van der Waals surface area (Å²) < 4.78 is 14.1. The second-order valence-corrected chi connectivity index (χ2v) is 6.84. The molecule has 1 saturated carbocycles. The highest BCUT2D eigenvalue weighted by molar-refractivity contribution is 7.22. The molecule has 0 bridgehead atoms. The molecular formula is C15H20FN3S. The van der Waals surface area contributed by atoms with Crippen LogP contribution in [0.5, 0.6) is 0 Å². The van der Waals surface area contributed by atoms with E-state index in [-0.39, 0.29) is 11.4 Å². The lowest BCUT2D eigenvalue weighted by Crippen LogP contribution is -2.47. The number of aromatic nitrogens is 1. The van der Waals surface area contributed by atoms with Gasteiger partial charge in [0.15, 0.2) is 5.13 Å². The van der Waals surface area contributed by atoms with Gasteiger partial charge in [-0.2, -0.15) is 0 Å². The van der Waals surface area contributed by atoms with Gasteiger partial charge in [0, 0.05) is 12.1 Å². The molecule has 5 heteroatoms. The van der Waals surface area contributed by atoms with Crippen molar-refractivity contribution in [2.45, 2.75) is 31.2 Å². The number of hydrogen-bond donors (Lipinski definition) is 1. The predicted octanol–water partition coefficient (Wildman–Crippen LogP) is 3.72. The van der Waals surface area contributed by atoms with E-state index in [1.165, 1.54) is 43.1 Å². The van der Waals surface area contributed by atoms with Crippen LogP contribution < -0.4 is 5.32 Å². The molecule has 2 aromatic rings. The molecule has 1 N–H and O–H groups in total. The molecule has 1 aliphatic carbocycles. The van der Waals surface area contributed by atoms with Gasteiger partial charge in [-0.15, -0.1) is 0 Å². The van der Waals surface area contributed by atoms with Gasteiger partial charge in [0.2, 0.25) is 0 Å². The molecule has 0 spiro atoms. The van der Waals surface area contributed by atoms with Crippen LogP contribution in [0.15, 0.2) is 18.2 Å². The van der Waals surface area contributed by atoms with E-state index in [9.17, 15) is 4.39 Å². The second kappa shape index (κ2) is 5.30. The molecule has 108 valence electrons. The maximum Gasteiger partial charge on any atom is 0.183 e. The lowest BCUT2D eigenvalue weighted by molar-refractivity contribution is 0.172. The molecule has 3 nitrogen and oxygen atoms in total. The molecule has 1 aromatic carbocycles. The van der Waals surface area contributed by atoms with E-state index in [0.29, 0.717) is 0 Å². The number of likely N-dealkylation sites (N-methyl/N-ethyl adjacent to an activating group) is 1. The maximum atomic E-state index is 13.2. The first-order chi connectivity index (χ1) is 9.59. The van der Waals surface area contributed by atoms with Crippen molar-refractivity contribution in [3.8, 4) is 0 Å². The van der Waals surface area contributed by atoms with Crippen LogP contribution in [0.1, 0.15) is 25.7 Å². The van der Waals surface area contributed by atoms with Gasteiger partial charge in [-0.25, -0.2) is 9.37 Å². The van der Waals surface area contributed by atoms with Gasteiger partial charge in [0.05, 0.1) is 10.2 Å². The first-order valence-electron chi connectivity index (χ1n) is 7.06. The van der Waals surface area contributed by atoms with Gasteiger partial charge in [-0.1, -0.05) is 24.2 Å². The van der Waals surface area contributed by atoms with E-state index in [1.54, 1.807) is 12.1 Å². The van der Waals surface area contributed by atoms with Crippen LogP contribution in [0, 0.1) is 5.82 Å². The van der Waals surface area contributed by atoms with Crippen molar-refractivity contribution in [1.29, 1.82) is 0 Å². The summed E-state index contributed by atoms with van der Waals surface area (Å²) in [6.45, 7) is 0.905. The van der Waals surface area contributed by atoms with Crippen molar-refractivity contribution in [3.63, 3.8) is 0 Å². The van der Waals surface area contributed by atoms with Crippen molar-refractivity contribution in [3.05, 3.63) is 24.0 Å². The number of halogens is 1. The predicted molar refractivity (Wildman–Crippen MR) is 83.0 cm³/mol. The molecule has 0 radical (unpaired) electrons. The summed E-state index contributed by atoms with van der Waals surface area (Å²) in [5, 5.41) is 4.35. The number of thiazole rings is 1. The fourth-order valence-corrected chi connectivity index (χ4v) is 3.92. The molecule has 3 rings (SSSR count). The fourth-order valence-electron chi connectivity index (χ4n) is 3.03. The summed E-state index contributed by atoms with van der Waals surface area (Å²) in [7, 11) is 4.31. The highest BCUT2D eigenvalue weighted by atomic mass is 32.1. The summed E-state index contributed by atoms with van der Waals surface area (Å²) in [5.41, 5.74) is 1.10. The molecule has 0 amide bonds. The molecule has 0 saturated heterocycles. The zero-order valence-corrected chi connectivity index (χ0v) is 12.8. The molecule has 0 atom stereocenters. The van der Waals surface area contributed by atoms with Crippen LogP contribution in [0.25, 0.3) is 10.2 Å². The first kappa shape index (κ1) is 13.8. The average Bonchev–Trinajstić information content (AvgIpc) is 3.02. The summed E-state index contributed by atoms with van der Waals surface area (Å²) in [4.78, 5) is 6.86. The maximum absolute atomic E-state index is 13.2. The third kappa shape index (κ3) is 2.52. The zero-order valence-electron chi connectivity index (χ0n) is 11.9. The number of anilines is 1. The molecule has 1 heterocycles. The van der Waals surface area contributed by atoms with Gasteiger partial charge < -0.3 is 10.2 Å². The minimum absolute atomic E-state index is 0.201. The monoisotopic (exact) mass is 293 g/mol. The van der Waals surface area contributed by atoms with Crippen molar-refractivity contribution in [1.82, 2.24) is 9.88 Å². The number of nitrogens with one attached hydrogen (secondary N) is 1. The third-order valence-electron chi connectivity index (χ3n) is 4.40. The van der Waals surface area contributed by atoms with E-state index in [1.807, 2.05) is 0 Å². The van der Waals surface area contributed by atoms with Crippen molar-refractivity contribution in [2.75, 3.05) is 26.0 Å². The highest BCUT2D eigenvalue weighted by Gasteiger charge is 2.35. The third-order valence-corrected chi connectivity index (χ3v) is 5.38. The Balaban J connectivity index is 1.76. The summed E-state index contributed by atoms with van der Waals surface area (Å²) in [6, 6.07) is 4.75. The molecule has 1 aliphatic rings. The summed E-state index contributed by atoms with van der Waals surface area (Å²) in [6.07, 6.45) is 5.05. The van der Waals surface area contributed by atoms with Gasteiger partial charge in [0.1, 0.15) is 5.82 Å². The van der Waals surface area contributed by atoms with Crippen molar-refractivity contribution >= 4 is 26.7 Å². The minimum Gasteiger partial charge on any atom is -0.360 e. The van der Waals surface area contributed by atoms with Crippen LogP contribution in [0.4, 0.5) is 9.52 Å². The molecule has 20 heavy (non-hydrogen) atoms. The topological polar surface area (TPSA) is 28.2 Å². The zero-order chi connectivity index (χ0) is 14.2. The molecule has 0 aliphatic heterocycles. The Labute approximate surface area is 122 Å². The smallest absolute Gasteiger partial charge is 0.183 e. The first-order valence-corrected chi connectivity index (χ1v) is 7.88. The van der Waals surface area contributed by atoms with Crippen molar-refractivity contribution < 1.29 is 4.39 Å². The van der Waals surface area contributed by atoms with Gasteiger partial charge in [0.25, 0.3) is 0 Å². The van der Waals surface area contributed by atoms with E-state index in [0.717, 1.165) is 21.9 Å². The molecular weight excluding hydrogens is 273 g/mol. The Hall–Kier alpha value is -1.20. The van der Waals surface area contributed by atoms with E-state index in [4.69, 9.17) is 0 Å². The average molecular weight is 293 g/mol. The standard InChI is InChI=1S/C15H20FN3S/c1-19(2)15(7-3-4-8-15)10-17-14-18-12-6-5-11(16)9-13(12)20-14/h5-6,9H,3-4,7-8,10H2,1-2H3,(H,17,18). The summed E-state index contributed by atoms with van der Waals surface area (Å²) in [5.74, 6) is -0.201. The van der Waals surface area contributed by atoms with Crippen LogP contribution in [-0.2, 0) is 0 Å². The largest absolute Gasteiger partial charge is 0.360 e. The van der Waals surface area contributed by atoms with E-state index >= 15 is 0 Å². The number of rotatable bonds is 4. The number of benzene rings is 1. The normalized spacial score (nSPS) is 18.0. The van der Waals surface area contributed by atoms with E-state index < -0.39 is 0 Å². The Morgan fingerprint density at radius 1 is 1.35 bits per heavy atom. The van der Waals surface area contributed by atoms with Crippen LogP contribution >= 0.6 is 11.3 Å². The van der Waals surface area contributed by atoms with Gasteiger partial charge >= 0.3 is 0 Å². The van der Waals surface area contributed by atoms with Crippen LogP contribution in [0.3, 0.4) is 0 Å². The van der Waals surface area contributed by atoms with Crippen LogP contribution in [-0.4, -0.2) is 36.1 Å². The van der Waals surface area contributed by atoms with Gasteiger partial charge in [-0.05, 0) is 45.1 Å². The quantitative estimate of drug-likeness (QED) is 0.931. The Bertz CT molecular complexity index is 602. The van der Waals surface area contributed by atoms with Crippen LogP contribution in [0.2, 0.25) is 0 Å².